The molecule has 2 N–H and O–H groups in total. The van der Waals surface area contributed by atoms with E-state index >= 15 is 0 Å². The second kappa shape index (κ2) is 5.25. The van der Waals surface area contributed by atoms with E-state index in [0.29, 0.717) is 6.61 Å². The van der Waals surface area contributed by atoms with Crippen LogP contribution in [0.1, 0.15) is 26.7 Å². The fraction of sp³-hybridized carbons (Fsp3) is 0.800. The number of hydrogen-bond acceptors (Lipinski definition) is 3. The largest absolute Gasteiger partial charge is 0.497 e. The molecule has 0 spiro atoms. The van der Waals surface area contributed by atoms with Crippen molar-refractivity contribution in [3.8, 4) is 0 Å². The molecule has 0 fully saturated rings. The molecule has 0 saturated carbocycles. The van der Waals surface area contributed by atoms with Crippen LogP contribution in [0, 0.1) is 0 Å². The maximum absolute atomic E-state index is 5.96. The van der Waals surface area contributed by atoms with E-state index in [0.717, 1.165) is 25.2 Å². The number of ether oxygens (including phenoxy) is 2. The Morgan fingerprint density at radius 3 is 3.00 bits per heavy atom. The van der Waals surface area contributed by atoms with Crippen LogP contribution in [0.5, 0.6) is 0 Å². The van der Waals surface area contributed by atoms with Gasteiger partial charge < -0.3 is 15.2 Å². The van der Waals surface area contributed by atoms with Gasteiger partial charge in [-0.25, -0.2) is 0 Å². The van der Waals surface area contributed by atoms with Crippen LogP contribution in [-0.4, -0.2) is 25.4 Å². The average molecular weight is 185 g/mol. The van der Waals surface area contributed by atoms with Crippen LogP contribution in [0.2, 0.25) is 0 Å². The van der Waals surface area contributed by atoms with Crippen molar-refractivity contribution in [3.63, 3.8) is 0 Å². The summed E-state index contributed by atoms with van der Waals surface area (Å²) in [5.74, 6) is 0.896. The molecule has 0 aromatic heterocycles. The summed E-state index contributed by atoms with van der Waals surface area (Å²) >= 11 is 0. The molecule has 76 valence electrons. The van der Waals surface area contributed by atoms with E-state index in [4.69, 9.17) is 15.2 Å². The molecule has 0 aromatic carbocycles. The first-order chi connectivity index (χ1) is 6.25. The maximum atomic E-state index is 5.96. The highest BCUT2D eigenvalue weighted by molar-refractivity contribution is 5.06. The van der Waals surface area contributed by atoms with Crippen LogP contribution < -0.4 is 5.73 Å². The van der Waals surface area contributed by atoms with E-state index in [1.54, 1.807) is 0 Å². The summed E-state index contributed by atoms with van der Waals surface area (Å²) in [6, 6.07) is -0.111. The normalized spacial score (nSPS) is 21.6. The van der Waals surface area contributed by atoms with Crippen molar-refractivity contribution < 1.29 is 9.47 Å². The first-order valence-electron chi connectivity index (χ1n) is 4.95. The van der Waals surface area contributed by atoms with Gasteiger partial charge in [-0.3, -0.25) is 0 Å². The van der Waals surface area contributed by atoms with Gasteiger partial charge in [-0.1, -0.05) is 0 Å². The fourth-order valence-corrected chi connectivity index (χ4v) is 1.41. The minimum absolute atomic E-state index is 0.0364. The van der Waals surface area contributed by atoms with Crippen LogP contribution in [0.4, 0.5) is 0 Å². The molecule has 0 saturated heterocycles. The van der Waals surface area contributed by atoms with Crippen LogP contribution in [0.3, 0.4) is 0 Å². The van der Waals surface area contributed by atoms with Crippen LogP contribution >= 0.6 is 0 Å². The summed E-state index contributed by atoms with van der Waals surface area (Å²) in [5, 5.41) is 0. The fourth-order valence-electron chi connectivity index (χ4n) is 1.41. The monoisotopic (exact) mass is 185 g/mol. The third kappa shape index (κ3) is 3.01. The van der Waals surface area contributed by atoms with E-state index in [-0.39, 0.29) is 12.1 Å². The highest BCUT2D eigenvalue weighted by atomic mass is 16.5. The average Bonchev–Trinajstić information content (AvgIpc) is 2.18. The van der Waals surface area contributed by atoms with Crippen LogP contribution in [0.15, 0.2) is 11.8 Å². The molecular formula is C10H19NO2. The van der Waals surface area contributed by atoms with Gasteiger partial charge >= 0.3 is 0 Å². The second-order valence-electron chi connectivity index (χ2n) is 3.28. The van der Waals surface area contributed by atoms with Gasteiger partial charge in [0.15, 0.2) is 0 Å². The first-order valence-corrected chi connectivity index (χ1v) is 4.95. The second-order valence-corrected chi connectivity index (χ2v) is 3.28. The Morgan fingerprint density at radius 2 is 2.46 bits per heavy atom. The highest BCUT2D eigenvalue weighted by Crippen LogP contribution is 2.15. The summed E-state index contributed by atoms with van der Waals surface area (Å²) < 4.78 is 10.9. The molecule has 1 aliphatic heterocycles. The molecule has 0 bridgehead atoms. The van der Waals surface area contributed by atoms with Crippen molar-refractivity contribution in [2.75, 3.05) is 13.2 Å². The third-order valence-corrected chi connectivity index (χ3v) is 2.23. The summed E-state index contributed by atoms with van der Waals surface area (Å²) in [6.07, 6.45) is 4.28. The Hall–Kier alpha value is -0.540. The lowest BCUT2D eigenvalue weighted by Gasteiger charge is -2.25. The lowest BCUT2D eigenvalue weighted by molar-refractivity contribution is 0.0449. The van der Waals surface area contributed by atoms with Gasteiger partial charge in [0.1, 0.15) is 5.76 Å². The van der Waals surface area contributed by atoms with E-state index in [1.165, 1.54) is 0 Å². The van der Waals surface area contributed by atoms with E-state index in [1.807, 2.05) is 13.8 Å². The molecule has 3 heteroatoms. The topological polar surface area (TPSA) is 44.5 Å². The minimum atomic E-state index is -0.111. The smallest absolute Gasteiger partial charge is 0.111 e. The van der Waals surface area contributed by atoms with Crippen molar-refractivity contribution >= 4 is 0 Å². The molecule has 0 amide bonds. The van der Waals surface area contributed by atoms with Gasteiger partial charge in [-0.15, -0.1) is 0 Å². The standard InChI is InChI=1S/C10H19NO2/c1-3-12-8(2)10(11)9-6-4-5-7-13-9/h6,8,10H,3-5,7,11H2,1-2H3. The van der Waals surface area contributed by atoms with Crippen molar-refractivity contribution in [3.05, 3.63) is 11.8 Å². The quantitative estimate of drug-likeness (QED) is 0.720. The molecule has 0 radical (unpaired) electrons. The van der Waals surface area contributed by atoms with Crippen LogP contribution in [-0.2, 0) is 9.47 Å². The zero-order valence-electron chi connectivity index (χ0n) is 8.45. The van der Waals surface area contributed by atoms with E-state index in [9.17, 15) is 0 Å². The van der Waals surface area contributed by atoms with Crippen molar-refractivity contribution in [2.45, 2.75) is 38.8 Å². The third-order valence-electron chi connectivity index (χ3n) is 2.23. The van der Waals surface area contributed by atoms with E-state index < -0.39 is 0 Å². The van der Waals surface area contributed by atoms with Gasteiger partial charge in [0, 0.05) is 6.61 Å². The molecule has 0 aliphatic carbocycles. The van der Waals surface area contributed by atoms with Gasteiger partial charge in [-0.05, 0) is 32.8 Å². The molecule has 3 nitrogen and oxygen atoms in total. The highest BCUT2D eigenvalue weighted by Gasteiger charge is 2.20. The Morgan fingerprint density at radius 1 is 1.69 bits per heavy atom. The molecule has 0 aromatic rings. The zero-order chi connectivity index (χ0) is 9.68. The van der Waals surface area contributed by atoms with Gasteiger partial charge in [-0.2, -0.15) is 0 Å². The molecule has 13 heavy (non-hydrogen) atoms. The Bertz CT molecular complexity index is 180. The maximum Gasteiger partial charge on any atom is 0.111 e. The summed E-state index contributed by atoms with van der Waals surface area (Å²) in [4.78, 5) is 0. The number of hydrogen-bond donors (Lipinski definition) is 1. The zero-order valence-corrected chi connectivity index (χ0v) is 8.45. The lowest BCUT2D eigenvalue weighted by Crippen LogP contribution is -2.38. The predicted molar refractivity (Wildman–Crippen MR) is 52.3 cm³/mol. The van der Waals surface area contributed by atoms with E-state index in [2.05, 4.69) is 6.08 Å². The summed E-state index contributed by atoms with van der Waals surface area (Å²) in [6.45, 7) is 5.44. The molecule has 2 atom stereocenters. The summed E-state index contributed by atoms with van der Waals surface area (Å²) in [5.41, 5.74) is 5.96. The molecular weight excluding hydrogens is 166 g/mol. The van der Waals surface area contributed by atoms with Gasteiger partial charge in [0.05, 0.1) is 18.8 Å². The first kappa shape index (κ1) is 10.5. The molecule has 1 heterocycles. The number of nitrogens with two attached hydrogens (primary N) is 1. The molecule has 2 unspecified atom stereocenters. The van der Waals surface area contributed by atoms with Crippen molar-refractivity contribution in [1.82, 2.24) is 0 Å². The predicted octanol–water partition coefficient (Wildman–Crippen LogP) is 1.43. The Kier molecular flexibility index (Phi) is 4.25. The Balaban J connectivity index is 2.44. The van der Waals surface area contributed by atoms with Crippen molar-refractivity contribution in [2.24, 2.45) is 5.73 Å². The number of allylic oxidation sites excluding steroid dienone is 1. The lowest BCUT2D eigenvalue weighted by atomic mass is 10.1. The molecule has 1 rings (SSSR count). The minimum Gasteiger partial charge on any atom is -0.497 e. The number of rotatable bonds is 4. The van der Waals surface area contributed by atoms with Crippen LogP contribution in [0.25, 0.3) is 0 Å². The van der Waals surface area contributed by atoms with Crippen molar-refractivity contribution in [1.29, 1.82) is 0 Å². The summed E-state index contributed by atoms with van der Waals surface area (Å²) in [7, 11) is 0. The molecule has 1 aliphatic rings. The Labute approximate surface area is 79.9 Å². The SMILES string of the molecule is CCOC(C)C(N)C1=CCCCO1. The van der Waals surface area contributed by atoms with Gasteiger partial charge in [0.25, 0.3) is 0 Å². The van der Waals surface area contributed by atoms with Gasteiger partial charge in [0.2, 0.25) is 0 Å².